The SMILES string of the molecule is O=C(NC(c1ccco1)C(F)(F)F)c1cn(CCN2CCCCC2)nn1. The highest BCUT2D eigenvalue weighted by molar-refractivity contribution is 5.92. The Morgan fingerprint density at radius 3 is 2.69 bits per heavy atom. The van der Waals surface area contributed by atoms with Gasteiger partial charge in [-0.2, -0.15) is 13.2 Å². The Kier molecular flexibility index (Phi) is 5.60. The van der Waals surface area contributed by atoms with Crippen molar-refractivity contribution in [3.8, 4) is 0 Å². The Hall–Kier alpha value is -2.36. The van der Waals surface area contributed by atoms with E-state index in [4.69, 9.17) is 4.42 Å². The summed E-state index contributed by atoms with van der Waals surface area (Å²) in [6.07, 6.45) is 1.36. The zero-order valence-electron chi connectivity index (χ0n) is 14.1. The van der Waals surface area contributed by atoms with Crippen LogP contribution in [0.4, 0.5) is 13.2 Å². The molecule has 1 N–H and O–H groups in total. The van der Waals surface area contributed by atoms with Gasteiger partial charge in [0.05, 0.1) is 19.0 Å². The third kappa shape index (κ3) is 4.63. The summed E-state index contributed by atoms with van der Waals surface area (Å²) in [5.41, 5.74) is -0.163. The average molecular weight is 371 g/mol. The van der Waals surface area contributed by atoms with Crippen LogP contribution in [-0.2, 0) is 6.54 Å². The number of rotatable bonds is 6. The fraction of sp³-hybridized carbons (Fsp3) is 0.562. The molecule has 7 nitrogen and oxygen atoms in total. The van der Waals surface area contributed by atoms with Crippen LogP contribution in [0.1, 0.15) is 41.6 Å². The van der Waals surface area contributed by atoms with Crippen LogP contribution in [0.25, 0.3) is 0 Å². The molecule has 0 spiro atoms. The van der Waals surface area contributed by atoms with E-state index in [1.54, 1.807) is 0 Å². The number of amides is 1. The van der Waals surface area contributed by atoms with E-state index in [1.807, 2.05) is 5.32 Å². The van der Waals surface area contributed by atoms with E-state index in [-0.39, 0.29) is 11.5 Å². The van der Waals surface area contributed by atoms with Crippen molar-refractivity contribution in [3.63, 3.8) is 0 Å². The molecule has 142 valence electrons. The zero-order valence-corrected chi connectivity index (χ0v) is 14.1. The fourth-order valence-corrected chi connectivity index (χ4v) is 2.91. The van der Waals surface area contributed by atoms with Gasteiger partial charge in [-0.25, -0.2) is 0 Å². The van der Waals surface area contributed by atoms with Crippen molar-refractivity contribution in [2.75, 3.05) is 19.6 Å². The molecule has 0 saturated carbocycles. The Balaban J connectivity index is 1.60. The summed E-state index contributed by atoms with van der Waals surface area (Å²) in [5.74, 6) is -1.34. The van der Waals surface area contributed by atoms with Crippen LogP contribution in [-0.4, -0.2) is 51.6 Å². The first-order valence-electron chi connectivity index (χ1n) is 8.47. The first kappa shape index (κ1) is 18.4. The third-order valence-electron chi connectivity index (χ3n) is 4.30. The fourth-order valence-electron chi connectivity index (χ4n) is 2.91. The largest absolute Gasteiger partial charge is 0.467 e. The summed E-state index contributed by atoms with van der Waals surface area (Å²) in [5, 5.41) is 9.42. The summed E-state index contributed by atoms with van der Waals surface area (Å²) in [6.45, 7) is 3.35. The monoisotopic (exact) mass is 371 g/mol. The van der Waals surface area contributed by atoms with Gasteiger partial charge in [0.15, 0.2) is 11.7 Å². The van der Waals surface area contributed by atoms with Crippen molar-refractivity contribution < 1.29 is 22.4 Å². The lowest BCUT2D eigenvalue weighted by Gasteiger charge is -2.25. The quantitative estimate of drug-likeness (QED) is 0.844. The number of hydrogen-bond acceptors (Lipinski definition) is 5. The first-order chi connectivity index (χ1) is 12.4. The van der Waals surface area contributed by atoms with Gasteiger partial charge in [0.2, 0.25) is 0 Å². The predicted molar refractivity (Wildman–Crippen MR) is 85.3 cm³/mol. The minimum Gasteiger partial charge on any atom is -0.467 e. The van der Waals surface area contributed by atoms with E-state index in [2.05, 4.69) is 15.2 Å². The minimum atomic E-state index is -4.68. The molecule has 26 heavy (non-hydrogen) atoms. The molecule has 1 amide bonds. The van der Waals surface area contributed by atoms with Gasteiger partial charge in [0.1, 0.15) is 5.76 Å². The molecule has 0 radical (unpaired) electrons. The van der Waals surface area contributed by atoms with E-state index >= 15 is 0 Å². The summed E-state index contributed by atoms with van der Waals surface area (Å²) in [6, 6.07) is 0.258. The number of likely N-dealkylation sites (tertiary alicyclic amines) is 1. The maximum Gasteiger partial charge on any atom is 0.415 e. The molecule has 2 aromatic heterocycles. The molecule has 1 saturated heterocycles. The van der Waals surface area contributed by atoms with Crippen LogP contribution < -0.4 is 5.32 Å². The highest BCUT2D eigenvalue weighted by Crippen LogP contribution is 2.33. The van der Waals surface area contributed by atoms with Crippen molar-refractivity contribution in [2.24, 2.45) is 0 Å². The van der Waals surface area contributed by atoms with Gasteiger partial charge in [-0.05, 0) is 38.1 Å². The predicted octanol–water partition coefficient (Wildman–Crippen LogP) is 2.39. The molecule has 3 rings (SSSR count). The molecule has 0 bridgehead atoms. The van der Waals surface area contributed by atoms with Crippen LogP contribution in [0, 0.1) is 0 Å². The highest BCUT2D eigenvalue weighted by Gasteiger charge is 2.44. The number of nitrogens with one attached hydrogen (secondary N) is 1. The van der Waals surface area contributed by atoms with Gasteiger partial charge in [0.25, 0.3) is 5.91 Å². The molecule has 1 fully saturated rings. The van der Waals surface area contributed by atoms with Crippen molar-refractivity contribution in [1.82, 2.24) is 25.2 Å². The molecule has 0 aromatic carbocycles. The molecule has 1 aliphatic rings. The van der Waals surface area contributed by atoms with Gasteiger partial charge < -0.3 is 14.6 Å². The Morgan fingerprint density at radius 2 is 2.04 bits per heavy atom. The highest BCUT2D eigenvalue weighted by atomic mass is 19.4. The second-order valence-electron chi connectivity index (χ2n) is 6.23. The topological polar surface area (TPSA) is 76.2 Å². The first-order valence-corrected chi connectivity index (χ1v) is 8.47. The van der Waals surface area contributed by atoms with Crippen molar-refractivity contribution in [2.45, 2.75) is 38.0 Å². The Morgan fingerprint density at radius 1 is 1.27 bits per heavy atom. The van der Waals surface area contributed by atoms with E-state index in [0.717, 1.165) is 44.8 Å². The zero-order chi connectivity index (χ0) is 18.6. The minimum absolute atomic E-state index is 0.163. The van der Waals surface area contributed by atoms with Gasteiger partial charge in [0, 0.05) is 6.54 Å². The molecule has 2 aromatic rings. The van der Waals surface area contributed by atoms with E-state index in [9.17, 15) is 18.0 Å². The van der Waals surface area contributed by atoms with Gasteiger partial charge in [-0.15, -0.1) is 5.10 Å². The number of alkyl halides is 3. The lowest BCUT2D eigenvalue weighted by atomic mass is 10.1. The summed E-state index contributed by atoms with van der Waals surface area (Å²) >= 11 is 0. The van der Waals surface area contributed by atoms with Crippen molar-refractivity contribution in [3.05, 3.63) is 36.0 Å². The van der Waals surface area contributed by atoms with E-state index in [1.165, 1.54) is 23.4 Å². The normalized spacial score (nSPS) is 17.2. The van der Waals surface area contributed by atoms with Gasteiger partial charge in [-0.3, -0.25) is 9.48 Å². The third-order valence-corrected chi connectivity index (χ3v) is 4.30. The average Bonchev–Trinajstić information content (AvgIpc) is 3.29. The molecule has 1 aliphatic heterocycles. The molecule has 3 heterocycles. The Labute approximate surface area is 148 Å². The van der Waals surface area contributed by atoms with Crippen LogP contribution in [0.2, 0.25) is 0 Å². The lowest BCUT2D eigenvalue weighted by molar-refractivity contribution is -0.159. The number of piperidine rings is 1. The number of nitrogens with zero attached hydrogens (tertiary/aromatic N) is 4. The molecular formula is C16H20F3N5O2. The number of furan rings is 1. The second kappa shape index (κ2) is 7.90. The van der Waals surface area contributed by atoms with Gasteiger partial charge in [-0.1, -0.05) is 11.6 Å². The van der Waals surface area contributed by atoms with E-state index < -0.39 is 18.1 Å². The molecular weight excluding hydrogens is 351 g/mol. The van der Waals surface area contributed by atoms with Crippen LogP contribution in [0.5, 0.6) is 0 Å². The maximum absolute atomic E-state index is 13.2. The van der Waals surface area contributed by atoms with Crippen molar-refractivity contribution >= 4 is 5.91 Å². The number of halogens is 3. The maximum atomic E-state index is 13.2. The number of carbonyl (C=O) groups excluding carboxylic acids is 1. The molecule has 1 unspecified atom stereocenters. The number of carbonyl (C=O) groups is 1. The standard InChI is InChI=1S/C16H20F3N5O2/c17-16(18,19)14(13-5-4-10-26-13)20-15(25)12-11-24(22-21-12)9-8-23-6-2-1-3-7-23/h4-5,10-11,14H,1-3,6-9H2,(H,20,25). The second-order valence-corrected chi connectivity index (χ2v) is 6.23. The Bertz CT molecular complexity index is 708. The number of aromatic nitrogens is 3. The van der Waals surface area contributed by atoms with Crippen LogP contribution in [0.15, 0.2) is 29.0 Å². The molecule has 10 heteroatoms. The smallest absolute Gasteiger partial charge is 0.415 e. The summed E-state index contributed by atoms with van der Waals surface area (Å²) < 4.78 is 45.8. The van der Waals surface area contributed by atoms with Crippen molar-refractivity contribution in [1.29, 1.82) is 0 Å². The number of hydrogen-bond donors (Lipinski definition) is 1. The summed E-state index contributed by atoms with van der Waals surface area (Å²) in [7, 11) is 0. The van der Waals surface area contributed by atoms with Crippen LogP contribution in [0.3, 0.4) is 0 Å². The molecule has 0 aliphatic carbocycles. The van der Waals surface area contributed by atoms with Crippen LogP contribution >= 0.6 is 0 Å². The molecule has 1 atom stereocenters. The van der Waals surface area contributed by atoms with E-state index in [0.29, 0.717) is 6.54 Å². The van der Waals surface area contributed by atoms with Gasteiger partial charge >= 0.3 is 6.18 Å². The summed E-state index contributed by atoms with van der Waals surface area (Å²) in [4.78, 5) is 14.4. The lowest BCUT2D eigenvalue weighted by Crippen LogP contribution is -2.38.